The molecule has 2 aromatic heterocycles. The minimum absolute atomic E-state index is 0.525. The largest absolute Gasteiger partial charge is 0.310 e. The van der Waals surface area contributed by atoms with E-state index >= 15 is 0 Å². The number of aromatic nitrogens is 1. The van der Waals surface area contributed by atoms with Gasteiger partial charge >= 0.3 is 0 Å². The van der Waals surface area contributed by atoms with Crippen molar-refractivity contribution in [3.8, 4) is 39.1 Å². The highest BCUT2D eigenvalue weighted by Crippen LogP contribution is 2.57. The van der Waals surface area contributed by atoms with Gasteiger partial charge in [0.15, 0.2) is 0 Å². The van der Waals surface area contributed by atoms with E-state index in [1.807, 2.05) is 11.3 Å². The van der Waals surface area contributed by atoms with Crippen LogP contribution in [0.15, 0.2) is 279 Å². The lowest BCUT2D eigenvalue weighted by atomic mass is 9.67. The van der Waals surface area contributed by atoms with E-state index in [0.717, 1.165) is 28.3 Å². The molecule has 1 aliphatic carbocycles. The third-order valence-corrected chi connectivity index (χ3v) is 16.8. The lowest BCUT2D eigenvalue weighted by molar-refractivity contribution is 0.770. The van der Waals surface area contributed by atoms with Gasteiger partial charge in [0.1, 0.15) is 0 Å². The highest BCUT2D eigenvalue weighted by Gasteiger charge is 2.46. The molecule has 0 N–H and O–H groups in total. The van der Waals surface area contributed by atoms with Gasteiger partial charge in [0.05, 0.1) is 16.4 Å². The Kier molecular flexibility index (Phi) is 9.70. The number of hydrogen-bond acceptors (Lipinski definition) is 2. The number of rotatable bonds is 8. The van der Waals surface area contributed by atoms with Crippen molar-refractivity contribution in [2.45, 2.75) is 5.41 Å². The summed E-state index contributed by atoms with van der Waals surface area (Å²) in [5.41, 5.74) is 18.7. The predicted octanol–water partition coefficient (Wildman–Crippen LogP) is 19.5. The van der Waals surface area contributed by atoms with Crippen LogP contribution in [-0.4, -0.2) is 4.57 Å². The zero-order valence-corrected chi connectivity index (χ0v) is 41.2. The molecular weight excluding hydrogens is 913 g/mol. The molecule has 1 aliphatic rings. The van der Waals surface area contributed by atoms with Crippen molar-refractivity contribution in [3.05, 3.63) is 301 Å². The third kappa shape index (κ3) is 6.57. The van der Waals surface area contributed by atoms with Crippen molar-refractivity contribution in [1.29, 1.82) is 0 Å². The number of nitrogens with zero attached hydrogens (tertiary/aromatic N) is 2. The SMILES string of the molecule is c1ccc(-n2c3ccc(N(c4ccc(-c5ccc6ccccc6c5)cc4)c4ccc(-c5ccc6sc7ccccc7c6c5)cc4)cc3c3cc(C4(c5ccccc5)c5ccccc5-c5ccccc54)ccc32)cc1. The number of para-hydroxylation sites is 1. The van der Waals surface area contributed by atoms with Crippen molar-refractivity contribution < 1.29 is 0 Å². The first-order valence-electron chi connectivity index (χ1n) is 25.5. The molecule has 14 aromatic rings. The van der Waals surface area contributed by atoms with Crippen molar-refractivity contribution in [2.75, 3.05) is 4.90 Å². The lowest BCUT2D eigenvalue weighted by Crippen LogP contribution is -2.28. The third-order valence-electron chi connectivity index (χ3n) is 15.7. The molecule has 2 heterocycles. The molecule has 346 valence electrons. The summed E-state index contributed by atoms with van der Waals surface area (Å²) in [5.74, 6) is 0. The number of fused-ring (bicyclic) bond motifs is 10. The highest BCUT2D eigenvalue weighted by molar-refractivity contribution is 7.25. The average Bonchev–Trinajstić information content (AvgIpc) is 4.12. The highest BCUT2D eigenvalue weighted by atomic mass is 32.1. The van der Waals surface area contributed by atoms with Gasteiger partial charge in [0.2, 0.25) is 0 Å². The Morgan fingerprint density at radius 3 is 1.55 bits per heavy atom. The predicted molar refractivity (Wildman–Crippen MR) is 314 cm³/mol. The minimum Gasteiger partial charge on any atom is -0.310 e. The fourth-order valence-electron chi connectivity index (χ4n) is 12.3. The van der Waals surface area contributed by atoms with E-state index in [1.54, 1.807) is 0 Å². The van der Waals surface area contributed by atoms with E-state index in [1.165, 1.54) is 103 Å². The summed E-state index contributed by atoms with van der Waals surface area (Å²) in [6.45, 7) is 0. The first-order chi connectivity index (χ1) is 36.7. The smallest absolute Gasteiger partial charge is 0.0713 e. The van der Waals surface area contributed by atoms with E-state index < -0.39 is 5.41 Å². The van der Waals surface area contributed by atoms with Gasteiger partial charge in [-0.25, -0.2) is 0 Å². The zero-order valence-electron chi connectivity index (χ0n) is 40.4. The molecule has 3 heteroatoms. The van der Waals surface area contributed by atoms with Gasteiger partial charge in [0, 0.05) is 53.7 Å². The van der Waals surface area contributed by atoms with E-state index in [9.17, 15) is 0 Å². The molecule has 0 aliphatic heterocycles. The summed E-state index contributed by atoms with van der Waals surface area (Å²) in [4.78, 5) is 2.42. The van der Waals surface area contributed by atoms with Crippen molar-refractivity contribution in [3.63, 3.8) is 0 Å². The Balaban J connectivity index is 0.929. The fraction of sp³-hybridized carbons (Fsp3) is 0.0141. The standard InChI is InChI=1S/C71H46N2S/c1-3-17-53(18-4-1)71(65-24-12-9-21-59(65)60-22-10-13-25-66(60)71)54-34-40-67-62(45-54)63-46-58(39-41-68(63)73(67)55-19-5-2-6-20-55)72(56-35-29-48(30-36-56)51-28-27-47-15-7-8-16-50(47)43-51)57-37-31-49(32-38-57)52-33-42-70-64(44-52)61-23-11-14-26-69(61)74-70/h1-46H. The summed E-state index contributed by atoms with van der Waals surface area (Å²) in [5, 5.41) is 7.51. The van der Waals surface area contributed by atoms with Gasteiger partial charge in [-0.15, -0.1) is 11.3 Å². The summed E-state index contributed by atoms with van der Waals surface area (Å²) >= 11 is 1.86. The van der Waals surface area contributed by atoms with Crippen LogP contribution >= 0.6 is 11.3 Å². The van der Waals surface area contributed by atoms with Gasteiger partial charge in [-0.2, -0.15) is 0 Å². The zero-order chi connectivity index (χ0) is 48.7. The Labute approximate surface area is 433 Å². The maximum atomic E-state index is 2.50. The quantitative estimate of drug-likeness (QED) is 0.147. The Morgan fingerprint density at radius 1 is 0.311 bits per heavy atom. The van der Waals surface area contributed by atoms with E-state index in [4.69, 9.17) is 0 Å². The molecule has 2 nitrogen and oxygen atoms in total. The molecule has 0 saturated heterocycles. The van der Waals surface area contributed by atoms with Crippen LogP contribution < -0.4 is 4.90 Å². The van der Waals surface area contributed by atoms with Gasteiger partial charge < -0.3 is 9.47 Å². The topological polar surface area (TPSA) is 8.17 Å². The molecule has 0 atom stereocenters. The monoisotopic (exact) mass is 958 g/mol. The van der Waals surface area contributed by atoms with Crippen molar-refractivity contribution in [1.82, 2.24) is 4.57 Å². The first kappa shape index (κ1) is 42.4. The first-order valence-corrected chi connectivity index (χ1v) is 26.3. The number of benzene rings is 12. The maximum absolute atomic E-state index is 2.50. The molecular formula is C71H46N2S. The molecule has 0 fully saturated rings. The molecule has 0 saturated carbocycles. The van der Waals surface area contributed by atoms with E-state index in [2.05, 4.69) is 289 Å². The fourth-order valence-corrected chi connectivity index (χ4v) is 13.4. The van der Waals surface area contributed by atoms with Crippen LogP contribution in [-0.2, 0) is 5.41 Å². The molecule has 12 aromatic carbocycles. The molecule has 0 unspecified atom stereocenters. The van der Waals surface area contributed by atoms with Crippen molar-refractivity contribution in [2.24, 2.45) is 0 Å². The molecule has 0 amide bonds. The van der Waals surface area contributed by atoms with Gasteiger partial charge in [0.25, 0.3) is 0 Å². The minimum atomic E-state index is -0.525. The van der Waals surface area contributed by atoms with Crippen LogP contribution in [0.5, 0.6) is 0 Å². The second-order valence-corrected chi connectivity index (χ2v) is 20.7. The summed E-state index contributed by atoms with van der Waals surface area (Å²) in [6.07, 6.45) is 0. The number of anilines is 3. The van der Waals surface area contributed by atoms with Crippen LogP contribution in [0.25, 0.3) is 91.8 Å². The molecule has 0 bridgehead atoms. The molecule has 15 rings (SSSR count). The second-order valence-electron chi connectivity index (χ2n) is 19.6. The van der Waals surface area contributed by atoms with E-state index in [0.29, 0.717) is 0 Å². The number of hydrogen-bond donors (Lipinski definition) is 0. The number of thiophene rings is 1. The van der Waals surface area contributed by atoms with Crippen LogP contribution in [0.2, 0.25) is 0 Å². The van der Waals surface area contributed by atoms with Crippen molar-refractivity contribution >= 4 is 81.1 Å². The summed E-state index contributed by atoms with van der Waals surface area (Å²) in [7, 11) is 0. The van der Waals surface area contributed by atoms with Gasteiger partial charge in [-0.05, 0) is 157 Å². The van der Waals surface area contributed by atoms with Gasteiger partial charge in [-0.3, -0.25) is 0 Å². The lowest BCUT2D eigenvalue weighted by Gasteiger charge is -2.34. The van der Waals surface area contributed by atoms with Gasteiger partial charge in [-0.1, -0.05) is 188 Å². The average molecular weight is 959 g/mol. The molecule has 0 radical (unpaired) electrons. The van der Waals surface area contributed by atoms with Crippen LogP contribution in [0, 0.1) is 0 Å². The van der Waals surface area contributed by atoms with Crippen LogP contribution in [0.4, 0.5) is 17.1 Å². The normalized spacial score (nSPS) is 12.7. The maximum Gasteiger partial charge on any atom is 0.0713 e. The molecule has 0 spiro atoms. The van der Waals surface area contributed by atoms with Crippen LogP contribution in [0.1, 0.15) is 22.3 Å². The second kappa shape index (κ2) is 16.9. The Morgan fingerprint density at radius 2 is 0.838 bits per heavy atom. The van der Waals surface area contributed by atoms with Crippen LogP contribution in [0.3, 0.4) is 0 Å². The summed E-state index contributed by atoms with van der Waals surface area (Å²) in [6, 6.07) is 104. The van der Waals surface area contributed by atoms with E-state index in [-0.39, 0.29) is 0 Å². The Hall–Kier alpha value is -9.28. The Bertz CT molecular complexity index is 4420. The summed E-state index contributed by atoms with van der Waals surface area (Å²) < 4.78 is 5.07. The molecule has 74 heavy (non-hydrogen) atoms.